The van der Waals surface area contributed by atoms with E-state index in [-0.39, 0.29) is 6.04 Å². The fourth-order valence-electron chi connectivity index (χ4n) is 1.30. The molecule has 0 bridgehead atoms. The molecule has 3 nitrogen and oxygen atoms in total. The summed E-state index contributed by atoms with van der Waals surface area (Å²) >= 11 is 1.62. The van der Waals surface area contributed by atoms with Crippen LogP contribution in [-0.2, 0) is 0 Å². The molecule has 1 atom stereocenters. The van der Waals surface area contributed by atoms with E-state index in [4.69, 9.17) is 5.73 Å². The molecule has 16 heavy (non-hydrogen) atoms. The van der Waals surface area contributed by atoms with E-state index < -0.39 is 0 Å². The zero-order valence-corrected chi connectivity index (χ0v) is 9.82. The summed E-state index contributed by atoms with van der Waals surface area (Å²) < 4.78 is 0. The molecular weight excluding hydrogens is 218 g/mol. The predicted molar refractivity (Wildman–Crippen MR) is 65.2 cm³/mol. The average molecular weight is 231 g/mol. The Kier molecular flexibility index (Phi) is 3.54. The van der Waals surface area contributed by atoms with Crippen LogP contribution in [0.5, 0.6) is 0 Å². The van der Waals surface area contributed by atoms with E-state index in [0.29, 0.717) is 0 Å². The van der Waals surface area contributed by atoms with E-state index in [1.54, 1.807) is 24.3 Å². The van der Waals surface area contributed by atoms with Crippen LogP contribution in [0.4, 0.5) is 0 Å². The number of nitrogens with two attached hydrogens (primary N) is 1. The first-order valence-corrected chi connectivity index (χ1v) is 5.87. The van der Waals surface area contributed by atoms with Gasteiger partial charge in [-0.2, -0.15) is 0 Å². The smallest absolute Gasteiger partial charge is 0.116 e. The lowest BCUT2D eigenvalue weighted by Gasteiger charge is -2.06. The minimum atomic E-state index is 0.0816. The molecule has 0 unspecified atom stereocenters. The summed E-state index contributed by atoms with van der Waals surface area (Å²) in [4.78, 5) is 9.20. The van der Waals surface area contributed by atoms with E-state index in [1.165, 1.54) is 0 Å². The Morgan fingerprint density at radius 1 is 1.19 bits per heavy atom. The van der Waals surface area contributed by atoms with Gasteiger partial charge in [0.25, 0.3) is 0 Å². The van der Waals surface area contributed by atoms with Gasteiger partial charge in [0.1, 0.15) is 11.4 Å². The molecule has 2 N–H and O–H groups in total. The van der Waals surface area contributed by atoms with Crippen molar-refractivity contribution in [3.63, 3.8) is 0 Å². The molecule has 1 aromatic carbocycles. The van der Waals surface area contributed by atoms with Gasteiger partial charge in [0.2, 0.25) is 0 Å². The molecule has 0 aliphatic rings. The topological polar surface area (TPSA) is 51.8 Å². The number of aromatic nitrogens is 2. The van der Waals surface area contributed by atoms with E-state index in [1.807, 2.05) is 25.1 Å². The molecule has 2 aromatic rings. The largest absolute Gasteiger partial charge is 0.324 e. The van der Waals surface area contributed by atoms with Crippen LogP contribution in [0, 0.1) is 0 Å². The second kappa shape index (κ2) is 5.09. The lowest BCUT2D eigenvalue weighted by atomic mass is 10.1. The zero-order valence-electron chi connectivity index (χ0n) is 9.00. The fraction of sp³-hybridized carbons (Fsp3) is 0.167. The van der Waals surface area contributed by atoms with Crippen molar-refractivity contribution < 1.29 is 0 Å². The van der Waals surface area contributed by atoms with Crippen LogP contribution < -0.4 is 5.73 Å². The van der Waals surface area contributed by atoms with Gasteiger partial charge < -0.3 is 5.73 Å². The van der Waals surface area contributed by atoms with Crippen LogP contribution in [0.15, 0.2) is 52.8 Å². The van der Waals surface area contributed by atoms with E-state index in [0.717, 1.165) is 15.5 Å². The summed E-state index contributed by atoms with van der Waals surface area (Å²) in [5, 5.41) is 0.948. The highest BCUT2D eigenvalue weighted by Crippen LogP contribution is 2.26. The molecule has 0 saturated carbocycles. The number of benzene rings is 1. The van der Waals surface area contributed by atoms with Crippen molar-refractivity contribution in [2.45, 2.75) is 22.9 Å². The molecule has 0 radical (unpaired) electrons. The number of hydrogen-bond acceptors (Lipinski definition) is 4. The van der Waals surface area contributed by atoms with Gasteiger partial charge >= 0.3 is 0 Å². The van der Waals surface area contributed by atoms with Gasteiger partial charge in [0, 0.05) is 17.1 Å². The van der Waals surface area contributed by atoms with Gasteiger partial charge in [-0.3, -0.25) is 0 Å². The minimum absolute atomic E-state index is 0.0816. The number of hydrogen-bond donors (Lipinski definition) is 1. The van der Waals surface area contributed by atoms with Crippen molar-refractivity contribution in [3.8, 4) is 0 Å². The molecule has 0 saturated heterocycles. The molecule has 0 fully saturated rings. The molecule has 0 spiro atoms. The lowest BCUT2D eigenvalue weighted by Crippen LogP contribution is -2.04. The Bertz CT molecular complexity index is 440. The molecule has 0 amide bonds. The first-order chi connectivity index (χ1) is 7.75. The van der Waals surface area contributed by atoms with Gasteiger partial charge in [-0.1, -0.05) is 23.9 Å². The molecule has 0 aliphatic heterocycles. The van der Waals surface area contributed by atoms with E-state index in [2.05, 4.69) is 22.1 Å². The molecular formula is C12H13N3S. The Hall–Kier alpha value is -1.39. The second-order valence-corrected chi connectivity index (χ2v) is 4.60. The SMILES string of the molecule is C[C@H](N)c1ccc(Sc2ccncn2)cc1. The highest BCUT2D eigenvalue weighted by Gasteiger charge is 2.01. The third-order valence-corrected chi connectivity index (χ3v) is 3.14. The van der Waals surface area contributed by atoms with Crippen LogP contribution in [-0.4, -0.2) is 9.97 Å². The lowest BCUT2D eigenvalue weighted by molar-refractivity contribution is 0.817. The average Bonchev–Trinajstić information content (AvgIpc) is 2.31. The summed E-state index contributed by atoms with van der Waals surface area (Å²) in [7, 11) is 0. The first-order valence-electron chi connectivity index (χ1n) is 5.05. The Labute approximate surface area is 99.1 Å². The third kappa shape index (κ3) is 2.81. The van der Waals surface area contributed by atoms with Gasteiger partial charge in [-0.05, 0) is 30.7 Å². The third-order valence-electron chi connectivity index (χ3n) is 2.18. The van der Waals surface area contributed by atoms with Crippen molar-refractivity contribution in [3.05, 3.63) is 48.4 Å². The normalized spacial score (nSPS) is 12.4. The number of rotatable bonds is 3. The molecule has 0 aliphatic carbocycles. The summed E-state index contributed by atoms with van der Waals surface area (Å²) in [5.41, 5.74) is 6.93. The van der Waals surface area contributed by atoms with Crippen molar-refractivity contribution in [1.82, 2.24) is 9.97 Å². The van der Waals surface area contributed by atoms with Crippen LogP contribution in [0.3, 0.4) is 0 Å². The zero-order chi connectivity index (χ0) is 11.4. The highest BCUT2D eigenvalue weighted by atomic mass is 32.2. The van der Waals surface area contributed by atoms with Gasteiger partial charge in [0.15, 0.2) is 0 Å². The van der Waals surface area contributed by atoms with Crippen LogP contribution >= 0.6 is 11.8 Å². The molecule has 82 valence electrons. The number of nitrogens with zero attached hydrogens (tertiary/aromatic N) is 2. The summed E-state index contributed by atoms with van der Waals surface area (Å²) in [6.07, 6.45) is 3.30. The van der Waals surface area contributed by atoms with Crippen molar-refractivity contribution >= 4 is 11.8 Å². The molecule has 4 heteroatoms. The maximum absolute atomic E-state index is 5.79. The maximum atomic E-state index is 5.79. The standard InChI is InChI=1S/C12H13N3S/c1-9(13)10-2-4-11(5-3-10)16-12-6-7-14-8-15-12/h2-9H,13H2,1H3/t9-/m0/s1. The maximum Gasteiger partial charge on any atom is 0.116 e. The predicted octanol–water partition coefficient (Wildman–Crippen LogP) is 2.65. The van der Waals surface area contributed by atoms with E-state index in [9.17, 15) is 0 Å². The Morgan fingerprint density at radius 3 is 2.50 bits per heavy atom. The minimum Gasteiger partial charge on any atom is -0.324 e. The van der Waals surface area contributed by atoms with Crippen molar-refractivity contribution in [2.75, 3.05) is 0 Å². The van der Waals surface area contributed by atoms with Crippen LogP contribution in [0.25, 0.3) is 0 Å². The fourth-order valence-corrected chi connectivity index (χ4v) is 2.04. The van der Waals surface area contributed by atoms with Gasteiger partial charge in [0.05, 0.1) is 0 Å². The second-order valence-electron chi connectivity index (χ2n) is 3.51. The summed E-state index contributed by atoms with van der Waals surface area (Å²) in [6, 6.07) is 10.2. The summed E-state index contributed by atoms with van der Waals surface area (Å²) in [6.45, 7) is 1.98. The van der Waals surface area contributed by atoms with Crippen molar-refractivity contribution in [1.29, 1.82) is 0 Å². The monoisotopic (exact) mass is 231 g/mol. The molecule has 2 rings (SSSR count). The van der Waals surface area contributed by atoms with Gasteiger partial charge in [-0.25, -0.2) is 9.97 Å². The van der Waals surface area contributed by atoms with E-state index >= 15 is 0 Å². The van der Waals surface area contributed by atoms with Gasteiger partial charge in [-0.15, -0.1) is 0 Å². The van der Waals surface area contributed by atoms with Crippen molar-refractivity contribution in [2.24, 2.45) is 5.73 Å². The quantitative estimate of drug-likeness (QED) is 0.825. The molecule has 1 heterocycles. The van der Waals surface area contributed by atoms with Crippen LogP contribution in [0.1, 0.15) is 18.5 Å². The van der Waals surface area contributed by atoms with Crippen LogP contribution in [0.2, 0.25) is 0 Å². The molecule has 1 aromatic heterocycles. The Morgan fingerprint density at radius 2 is 1.94 bits per heavy atom. The Balaban J connectivity index is 2.11. The first kappa shape index (κ1) is 11.1. The highest BCUT2D eigenvalue weighted by molar-refractivity contribution is 7.99. The summed E-state index contributed by atoms with van der Waals surface area (Å²) in [5.74, 6) is 0.